The second-order valence-corrected chi connectivity index (χ2v) is 8.04. The molecule has 0 fully saturated rings. The summed E-state index contributed by atoms with van der Waals surface area (Å²) in [6.07, 6.45) is 3.75. The highest BCUT2D eigenvalue weighted by Crippen LogP contribution is 2.31. The summed E-state index contributed by atoms with van der Waals surface area (Å²) in [5, 5.41) is 0.577. The molecule has 4 rings (SSSR count). The molecule has 0 spiro atoms. The van der Waals surface area contributed by atoms with Crippen molar-refractivity contribution in [1.82, 2.24) is 19.5 Å². The maximum atomic E-state index is 12.9. The average Bonchev–Trinajstić information content (AvgIpc) is 2.71. The van der Waals surface area contributed by atoms with Crippen molar-refractivity contribution in [2.75, 3.05) is 11.4 Å². The first-order valence-electron chi connectivity index (χ1n) is 9.30. The molecule has 29 heavy (non-hydrogen) atoms. The number of rotatable bonds is 4. The van der Waals surface area contributed by atoms with Crippen LogP contribution < -0.4 is 10.5 Å². The van der Waals surface area contributed by atoms with E-state index in [4.69, 9.17) is 16.6 Å². The van der Waals surface area contributed by atoms with E-state index in [2.05, 4.69) is 23.8 Å². The van der Waals surface area contributed by atoms with Gasteiger partial charge in [-0.1, -0.05) is 11.6 Å². The topological polar surface area (TPSA) is 81.0 Å². The fraction of sp³-hybridized carbons (Fsp3) is 0.286. The number of benzene rings is 1. The van der Waals surface area contributed by atoms with E-state index in [0.717, 1.165) is 6.42 Å². The summed E-state index contributed by atoms with van der Waals surface area (Å²) >= 11 is 5.93. The first-order chi connectivity index (χ1) is 13.8. The fourth-order valence-corrected chi connectivity index (χ4v) is 3.56. The number of carbonyl (C=O) groups excluding carboxylic acids is 1. The van der Waals surface area contributed by atoms with Crippen LogP contribution in [0.4, 0.5) is 5.95 Å². The third-order valence-electron chi connectivity index (χ3n) is 5.22. The number of halogens is 1. The van der Waals surface area contributed by atoms with Crippen LogP contribution in [0.3, 0.4) is 0 Å². The number of fused-ring (bicyclic) bond motifs is 1. The number of Topliss-reactive ketones (excluding diaryl/α,β-unsaturated/α-hetero) is 1. The molecule has 3 heterocycles. The smallest absolute Gasteiger partial charge is 0.255 e. The molecule has 0 radical (unpaired) electrons. The predicted octanol–water partition coefficient (Wildman–Crippen LogP) is 3.23. The Morgan fingerprint density at radius 2 is 1.93 bits per heavy atom. The molecule has 2 aromatic heterocycles. The van der Waals surface area contributed by atoms with Gasteiger partial charge in [0.15, 0.2) is 5.78 Å². The van der Waals surface area contributed by atoms with E-state index >= 15 is 0 Å². The van der Waals surface area contributed by atoms with E-state index in [1.54, 1.807) is 41.1 Å². The van der Waals surface area contributed by atoms with E-state index in [9.17, 15) is 9.59 Å². The summed E-state index contributed by atoms with van der Waals surface area (Å²) in [5.74, 6) is 0.412. The molecule has 8 heteroatoms. The molecule has 0 saturated heterocycles. The van der Waals surface area contributed by atoms with Crippen LogP contribution in [0.5, 0.6) is 0 Å². The molecule has 0 amide bonds. The lowest BCUT2D eigenvalue weighted by Gasteiger charge is -2.43. The second kappa shape index (κ2) is 7.40. The van der Waals surface area contributed by atoms with Crippen molar-refractivity contribution in [1.29, 1.82) is 0 Å². The first-order valence-corrected chi connectivity index (χ1v) is 9.68. The molecule has 3 aromatic rings. The van der Waals surface area contributed by atoms with Crippen LogP contribution in [0.2, 0.25) is 5.02 Å². The van der Waals surface area contributed by atoms with Gasteiger partial charge >= 0.3 is 0 Å². The Labute approximate surface area is 173 Å². The first kappa shape index (κ1) is 19.3. The van der Waals surface area contributed by atoms with Crippen molar-refractivity contribution in [2.24, 2.45) is 0 Å². The molecule has 1 aliphatic rings. The van der Waals surface area contributed by atoms with E-state index in [1.807, 2.05) is 4.90 Å². The largest absolute Gasteiger partial charge is 0.329 e. The number of carbonyl (C=O) groups is 1. The fourth-order valence-electron chi connectivity index (χ4n) is 3.43. The van der Waals surface area contributed by atoms with Gasteiger partial charge in [-0.05, 0) is 50.6 Å². The average molecular weight is 410 g/mol. The van der Waals surface area contributed by atoms with Crippen LogP contribution in [0, 0.1) is 0 Å². The number of nitrogens with zero attached hydrogens (tertiary/aromatic N) is 5. The minimum atomic E-state index is -0.341. The highest BCUT2D eigenvalue weighted by Gasteiger charge is 2.36. The summed E-state index contributed by atoms with van der Waals surface area (Å²) in [4.78, 5) is 40.4. The summed E-state index contributed by atoms with van der Waals surface area (Å²) in [6.45, 7) is 4.75. The van der Waals surface area contributed by atoms with Gasteiger partial charge in [-0.25, -0.2) is 15.0 Å². The molecule has 1 aromatic carbocycles. The summed E-state index contributed by atoms with van der Waals surface area (Å²) in [6, 6.07) is 9.98. The van der Waals surface area contributed by atoms with E-state index < -0.39 is 0 Å². The van der Waals surface area contributed by atoms with Gasteiger partial charge < -0.3 is 4.90 Å². The normalized spacial score (nSPS) is 15.1. The lowest BCUT2D eigenvalue weighted by Crippen LogP contribution is -2.53. The summed E-state index contributed by atoms with van der Waals surface area (Å²) in [7, 11) is 0. The Morgan fingerprint density at radius 1 is 1.17 bits per heavy atom. The lowest BCUT2D eigenvalue weighted by atomic mass is 9.95. The van der Waals surface area contributed by atoms with Crippen LogP contribution in [0.25, 0.3) is 11.4 Å². The van der Waals surface area contributed by atoms with Crippen LogP contribution >= 0.6 is 11.6 Å². The Morgan fingerprint density at radius 3 is 2.62 bits per heavy atom. The van der Waals surface area contributed by atoms with Gasteiger partial charge in [0.25, 0.3) is 5.56 Å². The molecule has 0 saturated carbocycles. The predicted molar refractivity (Wildman–Crippen MR) is 111 cm³/mol. The molecular formula is C21H20ClN5O2. The molecule has 148 valence electrons. The van der Waals surface area contributed by atoms with Gasteiger partial charge in [-0.3, -0.25) is 14.2 Å². The number of hydrogen-bond donors (Lipinski definition) is 0. The van der Waals surface area contributed by atoms with Crippen molar-refractivity contribution in [2.45, 2.75) is 32.4 Å². The van der Waals surface area contributed by atoms with E-state index in [1.165, 1.54) is 12.4 Å². The van der Waals surface area contributed by atoms with Crippen molar-refractivity contribution in [3.63, 3.8) is 0 Å². The zero-order valence-electron chi connectivity index (χ0n) is 16.2. The lowest BCUT2D eigenvalue weighted by molar-refractivity contribution is 0.0989. The highest BCUT2D eigenvalue weighted by atomic mass is 35.5. The van der Waals surface area contributed by atoms with Gasteiger partial charge in [0.05, 0.1) is 17.9 Å². The van der Waals surface area contributed by atoms with Crippen LogP contribution in [-0.2, 0) is 6.54 Å². The second-order valence-electron chi connectivity index (χ2n) is 7.60. The summed E-state index contributed by atoms with van der Waals surface area (Å²) < 4.78 is 1.62. The Balaban J connectivity index is 1.76. The van der Waals surface area contributed by atoms with Crippen molar-refractivity contribution in [3.8, 4) is 11.4 Å². The van der Waals surface area contributed by atoms with Gasteiger partial charge in [-0.2, -0.15) is 0 Å². The molecule has 1 aliphatic heterocycles. The number of aromatic nitrogens is 4. The van der Waals surface area contributed by atoms with Gasteiger partial charge in [-0.15, -0.1) is 0 Å². The third-order valence-corrected chi connectivity index (χ3v) is 5.47. The van der Waals surface area contributed by atoms with Gasteiger partial charge in [0, 0.05) is 34.9 Å². The van der Waals surface area contributed by atoms with Crippen molar-refractivity contribution in [3.05, 3.63) is 69.9 Å². The summed E-state index contributed by atoms with van der Waals surface area (Å²) in [5.41, 5.74) is 1.09. The minimum Gasteiger partial charge on any atom is -0.329 e. The maximum absolute atomic E-state index is 12.9. The van der Waals surface area contributed by atoms with E-state index in [-0.39, 0.29) is 23.4 Å². The Kier molecular flexibility index (Phi) is 4.92. The molecule has 0 N–H and O–H groups in total. The van der Waals surface area contributed by atoms with E-state index in [0.29, 0.717) is 34.5 Å². The van der Waals surface area contributed by atoms with Crippen molar-refractivity contribution >= 4 is 23.3 Å². The molecule has 0 atom stereocenters. The van der Waals surface area contributed by atoms with Gasteiger partial charge in [0.2, 0.25) is 5.95 Å². The van der Waals surface area contributed by atoms with Crippen LogP contribution in [0.15, 0.2) is 53.7 Å². The zero-order valence-corrected chi connectivity index (χ0v) is 16.9. The maximum Gasteiger partial charge on any atom is 0.255 e. The third kappa shape index (κ3) is 3.78. The molecule has 0 unspecified atom stereocenters. The standard InChI is InChI=1S/C21H20ClN5O2/c1-21(2)8-10-26-19(29)11-17(16-7-9-23-13-24-16)25-20(26)27(21)12-18(28)14-3-5-15(22)6-4-14/h3-7,9,11,13H,8,10,12H2,1-2H3. The molecule has 0 aliphatic carbocycles. The molecular weight excluding hydrogens is 390 g/mol. The van der Waals surface area contributed by atoms with Crippen molar-refractivity contribution < 1.29 is 4.79 Å². The molecule has 0 bridgehead atoms. The minimum absolute atomic E-state index is 0.0649. The highest BCUT2D eigenvalue weighted by molar-refractivity contribution is 6.30. The Hall–Kier alpha value is -3.06. The monoisotopic (exact) mass is 409 g/mol. The quantitative estimate of drug-likeness (QED) is 0.615. The zero-order chi connectivity index (χ0) is 20.6. The van der Waals surface area contributed by atoms with Crippen LogP contribution in [0.1, 0.15) is 30.6 Å². The molecule has 7 nitrogen and oxygen atoms in total. The number of anilines is 1. The number of ketones is 1. The number of hydrogen-bond acceptors (Lipinski definition) is 6. The van der Waals surface area contributed by atoms with Gasteiger partial charge in [0.1, 0.15) is 6.33 Å². The Bertz CT molecular complexity index is 1110. The SMILES string of the molecule is CC1(C)CCn2c(nc(-c3ccncn3)cc2=O)N1CC(=O)c1ccc(Cl)cc1. The van der Waals surface area contributed by atoms with Crippen LogP contribution in [-0.4, -0.2) is 37.4 Å².